The molecule has 2 heterocycles. The van der Waals surface area contributed by atoms with E-state index in [0.29, 0.717) is 11.8 Å². The molecule has 1 aliphatic rings. The lowest BCUT2D eigenvalue weighted by molar-refractivity contribution is -0.0389. The van der Waals surface area contributed by atoms with Crippen molar-refractivity contribution in [3.8, 4) is 16.3 Å². The second-order valence-corrected chi connectivity index (χ2v) is 7.95. The van der Waals surface area contributed by atoms with Crippen LogP contribution in [0.15, 0.2) is 36.7 Å². The van der Waals surface area contributed by atoms with Gasteiger partial charge in [-0.2, -0.15) is 4.98 Å². The normalized spacial score (nSPS) is 15.1. The molecule has 0 spiro atoms. The van der Waals surface area contributed by atoms with Crippen LogP contribution in [-0.4, -0.2) is 38.4 Å². The maximum absolute atomic E-state index is 10.5. The van der Waals surface area contributed by atoms with E-state index in [1.165, 1.54) is 0 Å². The number of nitrogens with zero attached hydrogens (tertiary/aromatic N) is 3. The molecule has 1 aliphatic carbocycles. The number of aliphatic hydroxyl groups is 2. The number of ether oxygens (including phenoxy) is 1. The molecule has 0 saturated heterocycles. The Labute approximate surface area is 167 Å². The second-order valence-electron chi connectivity index (χ2n) is 6.92. The second kappa shape index (κ2) is 7.83. The van der Waals surface area contributed by atoms with Gasteiger partial charge in [-0.1, -0.05) is 6.07 Å². The van der Waals surface area contributed by atoms with Gasteiger partial charge in [-0.15, -0.1) is 11.3 Å². The molecular weight excluding hydrogens is 376 g/mol. The monoisotopic (exact) mass is 398 g/mol. The summed E-state index contributed by atoms with van der Waals surface area (Å²) in [5.74, 6) is 0.820. The van der Waals surface area contributed by atoms with E-state index >= 15 is 0 Å². The number of nitrogens with one attached hydrogen (secondary N) is 1. The molecule has 2 aromatic heterocycles. The Kier molecular flexibility index (Phi) is 5.25. The van der Waals surface area contributed by atoms with Crippen molar-refractivity contribution in [2.24, 2.45) is 0 Å². The fourth-order valence-electron chi connectivity index (χ4n) is 3.11. The molecule has 1 saturated carbocycles. The van der Waals surface area contributed by atoms with Crippen molar-refractivity contribution in [2.75, 3.05) is 18.5 Å². The Balaban J connectivity index is 1.56. The fourth-order valence-corrected chi connectivity index (χ4v) is 4.16. The van der Waals surface area contributed by atoms with E-state index in [4.69, 9.17) is 9.84 Å². The molecule has 28 heavy (non-hydrogen) atoms. The highest BCUT2D eigenvalue weighted by molar-refractivity contribution is 7.15. The summed E-state index contributed by atoms with van der Waals surface area (Å²) in [6.45, 7) is 2.14. The van der Waals surface area contributed by atoms with Crippen LogP contribution in [0.1, 0.15) is 29.8 Å². The van der Waals surface area contributed by atoms with Gasteiger partial charge in [0.25, 0.3) is 0 Å². The van der Waals surface area contributed by atoms with Crippen LogP contribution in [0.5, 0.6) is 5.88 Å². The smallest absolute Gasteiger partial charge is 0.230 e. The number of hydrogen-bond acceptors (Lipinski definition) is 8. The van der Waals surface area contributed by atoms with Gasteiger partial charge in [0.15, 0.2) is 0 Å². The van der Waals surface area contributed by atoms with Crippen molar-refractivity contribution < 1.29 is 14.9 Å². The van der Waals surface area contributed by atoms with E-state index in [2.05, 4.69) is 26.3 Å². The topological polar surface area (TPSA) is 100 Å². The molecule has 1 fully saturated rings. The summed E-state index contributed by atoms with van der Waals surface area (Å²) in [6, 6.07) is 7.76. The molecule has 146 valence electrons. The standard InChI is InChI=1S/C20H22N4O3S/c1-13-9-14(16-12-22-18(28-16)20(26)4-2-5-20)11-15(10-13)23-19-21-6-3-17(24-19)27-8-7-25/h3,6,9-12,25-26H,2,4-5,7-8H2,1H3,(H,21,23,24). The minimum absolute atomic E-state index is 0.0695. The quantitative estimate of drug-likeness (QED) is 0.561. The number of thiazole rings is 1. The first-order valence-corrected chi connectivity index (χ1v) is 10.0. The first-order chi connectivity index (χ1) is 13.6. The highest BCUT2D eigenvalue weighted by Crippen LogP contribution is 2.44. The van der Waals surface area contributed by atoms with Gasteiger partial charge in [0, 0.05) is 24.1 Å². The van der Waals surface area contributed by atoms with Crippen LogP contribution in [0.25, 0.3) is 10.4 Å². The number of benzene rings is 1. The lowest BCUT2D eigenvalue weighted by Gasteiger charge is -2.34. The predicted molar refractivity (Wildman–Crippen MR) is 108 cm³/mol. The number of aliphatic hydroxyl groups excluding tert-OH is 1. The Hall–Kier alpha value is -2.55. The zero-order chi connectivity index (χ0) is 19.6. The van der Waals surface area contributed by atoms with Crippen LogP contribution in [0.3, 0.4) is 0 Å². The summed E-state index contributed by atoms with van der Waals surface area (Å²) in [6.07, 6.45) is 6.05. The number of aryl methyl sites for hydroxylation is 1. The third kappa shape index (κ3) is 3.99. The van der Waals surface area contributed by atoms with E-state index in [1.54, 1.807) is 23.6 Å². The summed E-state index contributed by atoms with van der Waals surface area (Å²) < 4.78 is 5.33. The number of anilines is 2. The number of hydrogen-bond donors (Lipinski definition) is 3. The molecule has 0 bridgehead atoms. The summed E-state index contributed by atoms with van der Waals surface area (Å²) in [5, 5.41) is 23.4. The van der Waals surface area contributed by atoms with Crippen molar-refractivity contribution in [3.63, 3.8) is 0 Å². The van der Waals surface area contributed by atoms with Crippen LogP contribution >= 0.6 is 11.3 Å². The van der Waals surface area contributed by atoms with Crippen LogP contribution in [-0.2, 0) is 5.60 Å². The molecule has 0 radical (unpaired) electrons. The van der Waals surface area contributed by atoms with E-state index in [0.717, 1.165) is 46.0 Å². The van der Waals surface area contributed by atoms with Crippen molar-refractivity contribution in [2.45, 2.75) is 31.8 Å². The van der Waals surface area contributed by atoms with E-state index in [9.17, 15) is 5.11 Å². The Bertz CT molecular complexity index is 972. The molecule has 8 heteroatoms. The summed E-state index contributed by atoms with van der Waals surface area (Å²) in [7, 11) is 0. The molecule has 0 amide bonds. The Morgan fingerprint density at radius 3 is 2.86 bits per heavy atom. The fraction of sp³-hybridized carbons (Fsp3) is 0.350. The van der Waals surface area contributed by atoms with Gasteiger partial charge in [-0.05, 0) is 49.4 Å². The van der Waals surface area contributed by atoms with Gasteiger partial charge < -0.3 is 20.3 Å². The maximum atomic E-state index is 10.5. The highest BCUT2D eigenvalue weighted by atomic mass is 32.1. The molecule has 7 nitrogen and oxygen atoms in total. The zero-order valence-electron chi connectivity index (χ0n) is 15.6. The van der Waals surface area contributed by atoms with Gasteiger partial charge in [0.1, 0.15) is 17.2 Å². The van der Waals surface area contributed by atoms with Crippen molar-refractivity contribution in [1.29, 1.82) is 0 Å². The Morgan fingerprint density at radius 1 is 1.25 bits per heavy atom. The van der Waals surface area contributed by atoms with Gasteiger partial charge in [-0.25, -0.2) is 9.97 Å². The summed E-state index contributed by atoms with van der Waals surface area (Å²) >= 11 is 1.54. The van der Waals surface area contributed by atoms with Crippen molar-refractivity contribution >= 4 is 23.0 Å². The third-order valence-electron chi connectivity index (χ3n) is 4.67. The number of aromatic nitrogens is 3. The van der Waals surface area contributed by atoms with Crippen molar-refractivity contribution in [1.82, 2.24) is 15.0 Å². The first kappa shape index (κ1) is 18.8. The van der Waals surface area contributed by atoms with Gasteiger partial charge in [0.2, 0.25) is 11.8 Å². The highest BCUT2D eigenvalue weighted by Gasteiger charge is 2.39. The minimum atomic E-state index is -0.739. The SMILES string of the molecule is Cc1cc(Nc2nccc(OCCO)n2)cc(-c2cnc(C3(O)CCC3)s2)c1. The number of rotatable bonds is 7. The van der Waals surface area contributed by atoms with Gasteiger partial charge >= 0.3 is 0 Å². The molecule has 3 aromatic rings. The van der Waals surface area contributed by atoms with E-state index < -0.39 is 5.60 Å². The lowest BCUT2D eigenvalue weighted by Crippen LogP contribution is -2.33. The molecule has 1 aromatic carbocycles. The molecule has 0 unspecified atom stereocenters. The zero-order valence-corrected chi connectivity index (χ0v) is 16.4. The third-order valence-corrected chi connectivity index (χ3v) is 5.91. The van der Waals surface area contributed by atoms with Crippen molar-refractivity contribution in [3.05, 3.63) is 47.2 Å². The summed E-state index contributed by atoms with van der Waals surface area (Å²) in [4.78, 5) is 14.0. The van der Waals surface area contributed by atoms with E-state index in [-0.39, 0.29) is 13.2 Å². The van der Waals surface area contributed by atoms with Crippen LogP contribution < -0.4 is 10.1 Å². The van der Waals surface area contributed by atoms with E-state index in [1.807, 2.05) is 25.3 Å². The van der Waals surface area contributed by atoms with Gasteiger partial charge in [-0.3, -0.25) is 0 Å². The average molecular weight is 398 g/mol. The summed E-state index contributed by atoms with van der Waals surface area (Å²) in [5.41, 5.74) is 2.23. The molecule has 4 rings (SSSR count). The first-order valence-electron chi connectivity index (χ1n) is 9.20. The lowest BCUT2D eigenvalue weighted by atomic mass is 9.81. The average Bonchev–Trinajstić information content (AvgIpc) is 3.15. The minimum Gasteiger partial charge on any atom is -0.475 e. The largest absolute Gasteiger partial charge is 0.475 e. The van der Waals surface area contributed by atoms with Crippen LogP contribution in [0, 0.1) is 6.92 Å². The molecule has 0 atom stereocenters. The maximum Gasteiger partial charge on any atom is 0.230 e. The van der Waals surface area contributed by atoms with Gasteiger partial charge in [0.05, 0.1) is 11.5 Å². The molecule has 3 N–H and O–H groups in total. The molecule has 0 aliphatic heterocycles. The van der Waals surface area contributed by atoms with Crippen LogP contribution in [0.2, 0.25) is 0 Å². The molecular formula is C20H22N4O3S. The predicted octanol–water partition coefficient (Wildman–Crippen LogP) is 3.39. The van der Waals surface area contributed by atoms with Crippen LogP contribution in [0.4, 0.5) is 11.6 Å². The Morgan fingerprint density at radius 2 is 2.11 bits per heavy atom.